The zero-order valence-electron chi connectivity index (χ0n) is 11.6. The van der Waals surface area contributed by atoms with E-state index in [9.17, 15) is 14.4 Å². The maximum absolute atomic E-state index is 12.0. The molecule has 1 saturated heterocycles. The third-order valence-electron chi connectivity index (χ3n) is 2.78. The van der Waals surface area contributed by atoms with E-state index in [1.165, 1.54) is 9.80 Å². The second-order valence-corrected chi connectivity index (χ2v) is 5.57. The Morgan fingerprint density at radius 3 is 1.56 bits per heavy atom. The second-order valence-electron chi connectivity index (χ2n) is 5.57. The number of carbonyl (C=O) groups excluding carboxylic acids is 3. The number of urea groups is 1. The van der Waals surface area contributed by atoms with Gasteiger partial charge in [-0.2, -0.15) is 0 Å². The van der Waals surface area contributed by atoms with Crippen LogP contribution in [0.25, 0.3) is 0 Å². The van der Waals surface area contributed by atoms with Crippen molar-refractivity contribution < 1.29 is 14.4 Å². The highest BCUT2D eigenvalue weighted by Gasteiger charge is 2.36. The molecule has 0 aliphatic carbocycles. The minimum atomic E-state index is -0.452. The van der Waals surface area contributed by atoms with Crippen LogP contribution in [0.1, 0.15) is 40.5 Å². The molecule has 0 radical (unpaired) electrons. The molecule has 1 heterocycles. The first kappa shape index (κ1) is 14.7. The number of carbonyl (C=O) groups is 3. The van der Waals surface area contributed by atoms with Gasteiger partial charge in [0.2, 0.25) is 11.8 Å². The smallest absolute Gasteiger partial charge is 0.274 e. The highest BCUT2D eigenvalue weighted by Crippen LogP contribution is 2.15. The van der Waals surface area contributed by atoms with Crippen LogP contribution in [0.4, 0.5) is 4.79 Å². The first-order valence-corrected chi connectivity index (χ1v) is 6.47. The normalized spacial score (nSPS) is 16.0. The van der Waals surface area contributed by atoms with Gasteiger partial charge >= 0.3 is 6.03 Å². The van der Waals surface area contributed by atoms with Crippen molar-refractivity contribution >= 4 is 17.8 Å². The lowest BCUT2D eigenvalue weighted by atomic mass is 10.1. The largest absolute Gasteiger partial charge is 0.333 e. The molecule has 0 aromatic rings. The Kier molecular flexibility index (Phi) is 4.87. The molecule has 102 valence electrons. The van der Waals surface area contributed by atoms with E-state index >= 15 is 0 Å². The monoisotopic (exact) mass is 254 g/mol. The van der Waals surface area contributed by atoms with Crippen LogP contribution < -0.4 is 0 Å². The Labute approximate surface area is 108 Å². The van der Waals surface area contributed by atoms with Crippen molar-refractivity contribution in [3.8, 4) is 0 Å². The van der Waals surface area contributed by atoms with Gasteiger partial charge in [0.1, 0.15) is 0 Å². The Hall–Kier alpha value is -1.39. The van der Waals surface area contributed by atoms with Crippen molar-refractivity contribution in [3.63, 3.8) is 0 Å². The summed E-state index contributed by atoms with van der Waals surface area (Å²) in [5.41, 5.74) is 0. The molecule has 0 bridgehead atoms. The summed E-state index contributed by atoms with van der Waals surface area (Å²) in [6, 6.07) is -0.452. The number of nitrogens with zero attached hydrogens (tertiary/aromatic N) is 2. The molecule has 0 saturated carbocycles. The van der Waals surface area contributed by atoms with Gasteiger partial charge < -0.3 is 0 Å². The number of amides is 4. The average Bonchev–Trinajstić information content (AvgIpc) is 2.57. The van der Waals surface area contributed by atoms with Gasteiger partial charge in [-0.3, -0.25) is 19.4 Å². The van der Waals surface area contributed by atoms with E-state index in [0.717, 1.165) is 0 Å². The second kappa shape index (κ2) is 5.98. The zero-order valence-corrected chi connectivity index (χ0v) is 11.6. The molecule has 0 atom stereocenters. The van der Waals surface area contributed by atoms with Crippen LogP contribution >= 0.6 is 0 Å². The molecule has 4 amide bonds. The molecule has 0 spiro atoms. The van der Waals surface area contributed by atoms with E-state index in [1.54, 1.807) is 0 Å². The van der Waals surface area contributed by atoms with Crippen molar-refractivity contribution in [2.45, 2.75) is 40.5 Å². The summed E-state index contributed by atoms with van der Waals surface area (Å²) in [7, 11) is 0. The quantitative estimate of drug-likeness (QED) is 0.769. The lowest BCUT2D eigenvalue weighted by Crippen LogP contribution is -2.39. The summed E-state index contributed by atoms with van der Waals surface area (Å²) in [5.74, 6) is 0.0566. The van der Waals surface area contributed by atoms with Crippen molar-refractivity contribution in [1.29, 1.82) is 0 Å². The summed E-state index contributed by atoms with van der Waals surface area (Å²) >= 11 is 0. The molecule has 5 heteroatoms. The molecule has 0 aromatic heterocycles. The number of hydrogen-bond donors (Lipinski definition) is 0. The zero-order chi connectivity index (χ0) is 13.9. The van der Waals surface area contributed by atoms with E-state index in [2.05, 4.69) is 0 Å². The lowest BCUT2D eigenvalue weighted by Gasteiger charge is -2.17. The maximum Gasteiger partial charge on any atom is 0.333 e. The number of imide groups is 2. The van der Waals surface area contributed by atoms with Gasteiger partial charge in [0, 0.05) is 25.9 Å². The van der Waals surface area contributed by atoms with Gasteiger partial charge in [0.15, 0.2) is 0 Å². The third kappa shape index (κ3) is 3.55. The summed E-state index contributed by atoms with van der Waals surface area (Å²) in [5, 5.41) is 0. The number of rotatable bonds is 4. The fraction of sp³-hybridized carbons (Fsp3) is 0.769. The van der Waals surface area contributed by atoms with E-state index < -0.39 is 6.03 Å². The Morgan fingerprint density at radius 1 is 0.944 bits per heavy atom. The van der Waals surface area contributed by atoms with Gasteiger partial charge in [-0.15, -0.1) is 0 Å². The lowest BCUT2D eigenvalue weighted by molar-refractivity contribution is -0.129. The SMILES string of the molecule is CC(C)CC(=O)N1CCN(C(=O)CC(C)C)C1=O. The Bertz CT molecular complexity index is 318. The van der Waals surface area contributed by atoms with Crippen molar-refractivity contribution in [1.82, 2.24) is 9.80 Å². The van der Waals surface area contributed by atoms with Gasteiger partial charge in [0.05, 0.1) is 0 Å². The predicted octanol–water partition coefficient (Wildman–Crippen LogP) is 1.87. The van der Waals surface area contributed by atoms with E-state index in [0.29, 0.717) is 25.9 Å². The van der Waals surface area contributed by atoms with E-state index in [1.807, 2.05) is 27.7 Å². The predicted molar refractivity (Wildman–Crippen MR) is 67.7 cm³/mol. The van der Waals surface area contributed by atoms with Gasteiger partial charge in [-0.1, -0.05) is 27.7 Å². The summed E-state index contributed by atoms with van der Waals surface area (Å²) in [6.07, 6.45) is 0.690. The van der Waals surface area contributed by atoms with Crippen LogP contribution in [0.15, 0.2) is 0 Å². The first-order valence-electron chi connectivity index (χ1n) is 6.47. The van der Waals surface area contributed by atoms with Crippen LogP contribution in [-0.4, -0.2) is 40.7 Å². The fourth-order valence-corrected chi connectivity index (χ4v) is 1.92. The molecule has 0 N–H and O–H groups in total. The van der Waals surface area contributed by atoms with Crippen molar-refractivity contribution in [2.75, 3.05) is 13.1 Å². The van der Waals surface area contributed by atoms with Gasteiger partial charge in [-0.05, 0) is 11.8 Å². The highest BCUT2D eigenvalue weighted by atomic mass is 16.2. The molecule has 0 unspecified atom stereocenters. The van der Waals surface area contributed by atoms with Crippen molar-refractivity contribution in [3.05, 3.63) is 0 Å². The third-order valence-corrected chi connectivity index (χ3v) is 2.78. The molecule has 5 nitrogen and oxygen atoms in total. The molecule has 1 fully saturated rings. The van der Waals surface area contributed by atoms with Crippen LogP contribution in [0.5, 0.6) is 0 Å². The minimum absolute atomic E-state index is 0.185. The molecular formula is C13H22N2O3. The molecule has 1 rings (SSSR count). The van der Waals surface area contributed by atoms with Crippen LogP contribution in [0.3, 0.4) is 0 Å². The fourth-order valence-electron chi connectivity index (χ4n) is 1.92. The topological polar surface area (TPSA) is 57.7 Å². The number of hydrogen-bond acceptors (Lipinski definition) is 3. The molecule has 0 aromatic carbocycles. The summed E-state index contributed by atoms with van der Waals surface area (Å²) < 4.78 is 0. The maximum atomic E-state index is 12.0. The molecule has 1 aliphatic rings. The summed E-state index contributed by atoms with van der Waals surface area (Å²) in [4.78, 5) is 38.0. The first-order chi connectivity index (χ1) is 8.32. The minimum Gasteiger partial charge on any atom is -0.274 e. The Morgan fingerprint density at radius 2 is 1.28 bits per heavy atom. The molecule has 1 aliphatic heterocycles. The van der Waals surface area contributed by atoms with E-state index in [4.69, 9.17) is 0 Å². The van der Waals surface area contributed by atoms with Crippen LogP contribution in [0.2, 0.25) is 0 Å². The van der Waals surface area contributed by atoms with Crippen LogP contribution in [-0.2, 0) is 9.59 Å². The Balaban J connectivity index is 2.62. The van der Waals surface area contributed by atoms with Crippen molar-refractivity contribution in [2.24, 2.45) is 11.8 Å². The van der Waals surface area contributed by atoms with Crippen LogP contribution in [0, 0.1) is 11.8 Å². The highest BCUT2D eigenvalue weighted by molar-refractivity contribution is 6.03. The van der Waals surface area contributed by atoms with E-state index in [-0.39, 0.29) is 23.7 Å². The van der Waals surface area contributed by atoms with Gasteiger partial charge in [-0.25, -0.2) is 4.79 Å². The molecule has 18 heavy (non-hydrogen) atoms. The van der Waals surface area contributed by atoms with Gasteiger partial charge in [0.25, 0.3) is 0 Å². The molecular weight excluding hydrogens is 232 g/mol. The average molecular weight is 254 g/mol. The standard InChI is InChI=1S/C13H22N2O3/c1-9(2)7-11(16)14-5-6-15(13(14)18)12(17)8-10(3)4/h9-10H,5-8H2,1-4H3. The summed E-state index contributed by atoms with van der Waals surface area (Å²) in [6.45, 7) is 8.38.